The summed E-state index contributed by atoms with van der Waals surface area (Å²) in [4.78, 5) is 5.01. The van der Waals surface area contributed by atoms with Gasteiger partial charge >= 0.3 is 0 Å². The molecule has 1 fully saturated rings. The maximum atomic E-state index is 6.10. The monoisotopic (exact) mass is 366 g/mol. The Morgan fingerprint density at radius 2 is 1.74 bits per heavy atom. The molecule has 2 aromatic rings. The van der Waals surface area contributed by atoms with Gasteiger partial charge in [0.05, 0.1) is 13.7 Å². The number of fused-ring (bicyclic) bond motifs is 1. The van der Waals surface area contributed by atoms with E-state index in [0.717, 1.165) is 57.3 Å². The van der Waals surface area contributed by atoms with Crippen LogP contribution < -0.4 is 14.4 Å². The van der Waals surface area contributed by atoms with Gasteiger partial charge in [-0.3, -0.25) is 4.90 Å². The quantitative estimate of drug-likeness (QED) is 0.697. The van der Waals surface area contributed by atoms with Crippen LogP contribution in [0.1, 0.15) is 24.0 Å². The van der Waals surface area contributed by atoms with E-state index in [-0.39, 0.29) is 0 Å². The third-order valence-electron chi connectivity index (χ3n) is 5.79. The first-order valence-electron chi connectivity index (χ1n) is 10.2. The fraction of sp³-hybridized carbons (Fsp3) is 0.478. The molecule has 0 N–H and O–H groups in total. The predicted molar refractivity (Wildman–Crippen MR) is 110 cm³/mol. The summed E-state index contributed by atoms with van der Waals surface area (Å²) in [5.41, 5.74) is 4.23. The van der Waals surface area contributed by atoms with E-state index in [1.165, 1.54) is 36.1 Å². The van der Waals surface area contributed by atoms with Crippen molar-refractivity contribution in [1.29, 1.82) is 0 Å². The number of aryl methyl sites for hydroxylation is 1. The average molecular weight is 367 g/mol. The van der Waals surface area contributed by atoms with Gasteiger partial charge in [0.15, 0.2) is 0 Å². The Hall–Kier alpha value is -2.20. The van der Waals surface area contributed by atoms with Crippen LogP contribution in [0.3, 0.4) is 0 Å². The van der Waals surface area contributed by atoms with Gasteiger partial charge in [-0.2, -0.15) is 0 Å². The van der Waals surface area contributed by atoms with Crippen molar-refractivity contribution in [2.45, 2.75) is 25.7 Å². The Kier molecular flexibility index (Phi) is 5.83. The molecule has 0 unspecified atom stereocenters. The molecular weight excluding hydrogens is 336 g/mol. The van der Waals surface area contributed by atoms with E-state index in [9.17, 15) is 0 Å². The van der Waals surface area contributed by atoms with E-state index in [1.807, 2.05) is 12.1 Å². The lowest BCUT2D eigenvalue weighted by Gasteiger charge is -2.36. The highest BCUT2D eigenvalue weighted by Crippen LogP contribution is 2.30. The lowest BCUT2D eigenvalue weighted by atomic mass is 10.1. The van der Waals surface area contributed by atoms with E-state index in [0.29, 0.717) is 0 Å². The van der Waals surface area contributed by atoms with Gasteiger partial charge in [-0.15, -0.1) is 0 Å². The maximum Gasteiger partial charge on any atom is 0.122 e. The fourth-order valence-electron chi connectivity index (χ4n) is 4.21. The lowest BCUT2D eigenvalue weighted by molar-refractivity contribution is 0.224. The second-order valence-corrected chi connectivity index (χ2v) is 7.48. The second kappa shape index (κ2) is 8.66. The summed E-state index contributed by atoms with van der Waals surface area (Å²) in [7, 11) is 1.71. The number of hydrogen-bond donors (Lipinski definition) is 0. The summed E-state index contributed by atoms with van der Waals surface area (Å²) < 4.78 is 11.3. The van der Waals surface area contributed by atoms with E-state index >= 15 is 0 Å². The molecule has 0 atom stereocenters. The Morgan fingerprint density at radius 1 is 0.926 bits per heavy atom. The zero-order chi connectivity index (χ0) is 18.5. The number of nitrogens with zero attached hydrogens (tertiary/aromatic N) is 2. The number of anilines is 1. The molecule has 4 nitrogen and oxygen atoms in total. The smallest absolute Gasteiger partial charge is 0.122 e. The molecule has 0 saturated carbocycles. The molecule has 0 spiro atoms. The normalized spacial score (nSPS) is 17.0. The van der Waals surface area contributed by atoms with Crippen LogP contribution in [0.2, 0.25) is 0 Å². The van der Waals surface area contributed by atoms with E-state index < -0.39 is 0 Å². The molecule has 4 rings (SSSR count). The molecule has 1 aliphatic heterocycles. The summed E-state index contributed by atoms with van der Waals surface area (Å²) in [6.07, 6.45) is 4.75. The predicted octanol–water partition coefficient (Wildman–Crippen LogP) is 3.78. The molecule has 2 aliphatic rings. The van der Waals surface area contributed by atoms with Gasteiger partial charge in [0.1, 0.15) is 11.5 Å². The minimum Gasteiger partial charge on any atom is -0.497 e. The van der Waals surface area contributed by atoms with Crippen LogP contribution in [0, 0.1) is 0 Å². The van der Waals surface area contributed by atoms with Crippen molar-refractivity contribution in [3.63, 3.8) is 0 Å². The van der Waals surface area contributed by atoms with E-state index in [2.05, 4.69) is 40.1 Å². The summed E-state index contributed by atoms with van der Waals surface area (Å²) in [6, 6.07) is 14.9. The van der Waals surface area contributed by atoms with Gasteiger partial charge in [0.25, 0.3) is 0 Å². The Balaban J connectivity index is 1.18. The molecule has 0 aromatic heterocycles. The summed E-state index contributed by atoms with van der Waals surface area (Å²) >= 11 is 0. The molecule has 0 amide bonds. The molecule has 0 radical (unpaired) electrons. The minimum absolute atomic E-state index is 0.815. The SMILES string of the molecule is COc1ccc(N2CCN(CCCOc3cccc4c3CCC4)CC2)cc1. The van der Waals surface area contributed by atoms with Crippen LogP contribution in [-0.2, 0) is 12.8 Å². The first-order chi connectivity index (χ1) is 13.3. The van der Waals surface area contributed by atoms with Crippen molar-refractivity contribution < 1.29 is 9.47 Å². The lowest BCUT2D eigenvalue weighted by Crippen LogP contribution is -2.46. The molecule has 1 saturated heterocycles. The number of hydrogen-bond acceptors (Lipinski definition) is 4. The molecular formula is C23H30N2O2. The third kappa shape index (κ3) is 4.38. The minimum atomic E-state index is 0.815. The largest absolute Gasteiger partial charge is 0.497 e. The third-order valence-corrected chi connectivity index (χ3v) is 5.79. The number of rotatable bonds is 7. The van der Waals surface area contributed by atoms with Gasteiger partial charge in [0.2, 0.25) is 0 Å². The maximum absolute atomic E-state index is 6.10. The van der Waals surface area contributed by atoms with Crippen LogP contribution in [-0.4, -0.2) is 51.3 Å². The number of benzene rings is 2. The fourth-order valence-corrected chi connectivity index (χ4v) is 4.21. The van der Waals surface area contributed by atoms with Gasteiger partial charge in [-0.1, -0.05) is 12.1 Å². The summed E-state index contributed by atoms with van der Waals surface area (Å²) in [6.45, 7) is 6.33. The summed E-state index contributed by atoms with van der Waals surface area (Å²) in [5, 5.41) is 0. The van der Waals surface area contributed by atoms with Crippen molar-refractivity contribution in [3.8, 4) is 11.5 Å². The molecule has 144 valence electrons. The van der Waals surface area contributed by atoms with E-state index in [4.69, 9.17) is 9.47 Å². The molecule has 27 heavy (non-hydrogen) atoms. The van der Waals surface area contributed by atoms with Crippen molar-refractivity contribution in [3.05, 3.63) is 53.6 Å². The van der Waals surface area contributed by atoms with Gasteiger partial charge in [-0.25, -0.2) is 0 Å². The first-order valence-corrected chi connectivity index (χ1v) is 10.2. The summed E-state index contributed by atoms with van der Waals surface area (Å²) in [5.74, 6) is 2.04. The Labute approximate surface area is 162 Å². The Morgan fingerprint density at radius 3 is 2.52 bits per heavy atom. The Bertz CT molecular complexity index is 737. The van der Waals surface area contributed by atoms with E-state index in [1.54, 1.807) is 7.11 Å². The van der Waals surface area contributed by atoms with Crippen LogP contribution in [0.4, 0.5) is 5.69 Å². The number of ether oxygens (including phenoxy) is 2. The highest BCUT2D eigenvalue weighted by atomic mass is 16.5. The van der Waals surface area contributed by atoms with Crippen LogP contribution >= 0.6 is 0 Å². The van der Waals surface area contributed by atoms with Crippen molar-refractivity contribution in [1.82, 2.24) is 4.90 Å². The van der Waals surface area contributed by atoms with Gasteiger partial charge < -0.3 is 14.4 Å². The number of piperazine rings is 1. The zero-order valence-corrected chi connectivity index (χ0v) is 16.3. The molecule has 1 heterocycles. The molecule has 2 aromatic carbocycles. The standard InChI is InChI=1S/C23H30N2O2/c1-26-21-11-9-20(10-12-21)25-16-14-24(15-17-25)13-4-18-27-23-8-3-6-19-5-2-7-22(19)23/h3,6,8-12H,2,4-5,7,13-18H2,1H3. The van der Waals surface area contributed by atoms with Crippen molar-refractivity contribution in [2.24, 2.45) is 0 Å². The number of methoxy groups -OCH3 is 1. The zero-order valence-electron chi connectivity index (χ0n) is 16.3. The van der Waals surface area contributed by atoms with Gasteiger partial charge in [-0.05, 0) is 67.1 Å². The second-order valence-electron chi connectivity index (χ2n) is 7.48. The van der Waals surface area contributed by atoms with Crippen LogP contribution in [0.15, 0.2) is 42.5 Å². The first kappa shape index (κ1) is 18.2. The highest BCUT2D eigenvalue weighted by molar-refractivity contribution is 5.49. The topological polar surface area (TPSA) is 24.9 Å². The van der Waals surface area contributed by atoms with Crippen molar-refractivity contribution in [2.75, 3.05) is 51.3 Å². The van der Waals surface area contributed by atoms with Crippen molar-refractivity contribution >= 4 is 5.69 Å². The average Bonchev–Trinajstić information content (AvgIpc) is 3.21. The van der Waals surface area contributed by atoms with Gasteiger partial charge in [0, 0.05) is 38.4 Å². The molecule has 4 heteroatoms. The van der Waals surface area contributed by atoms with Crippen LogP contribution in [0.25, 0.3) is 0 Å². The highest BCUT2D eigenvalue weighted by Gasteiger charge is 2.18. The van der Waals surface area contributed by atoms with Crippen LogP contribution in [0.5, 0.6) is 11.5 Å². The molecule has 0 bridgehead atoms. The molecule has 1 aliphatic carbocycles.